The van der Waals surface area contributed by atoms with Crippen molar-refractivity contribution in [2.45, 2.75) is 0 Å². The highest BCUT2D eigenvalue weighted by molar-refractivity contribution is 8.93. The number of fused-ring (bicyclic) bond motifs is 1. The zero-order chi connectivity index (χ0) is 6.10. The van der Waals surface area contributed by atoms with E-state index in [0.717, 1.165) is 11.0 Å². The van der Waals surface area contributed by atoms with Gasteiger partial charge in [0.05, 0.1) is 17.4 Å². The molecule has 0 saturated heterocycles. The molecule has 11 heavy (non-hydrogen) atoms. The third-order valence-corrected chi connectivity index (χ3v) is 1.33. The van der Waals surface area contributed by atoms with Crippen LogP contribution in [0.2, 0.25) is 0 Å². The van der Waals surface area contributed by atoms with E-state index in [9.17, 15) is 0 Å². The van der Waals surface area contributed by atoms with Gasteiger partial charge in [-0.2, -0.15) is 0 Å². The number of benzene rings is 1. The molecule has 0 saturated carbocycles. The molecule has 4 heteroatoms. The van der Waals surface area contributed by atoms with Gasteiger partial charge in [0, 0.05) is 0 Å². The lowest BCUT2D eigenvalue weighted by molar-refractivity contribution is 1.34. The van der Waals surface area contributed by atoms with Crippen LogP contribution in [0.3, 0.4) is 0 Å². The number of nitrogens with one attached hydrogen (secondary N) is 1. The number of aromatic nitrogens is 2. The van der Waals surface area contributed by atoms with Crippen LogP contribution >= 0.6 is 34.0 Å². The van der Waals surface area contributed by atoms with Gasteiger partial charge >= 0.3 is 0 Å². The largest absolute Gasteiger partial charge is 0.345 e. The van der Waals surface area contributed by atoms with Crippen LogP contribution in [0, 0.1) is 0 Å². The summed E-state index contributed by atoms with van der Waals surface area (Å²) in [5.74, 6) is 0. The lowest BCUT2D eigenvalue weighted by atomic mass is 10.3. The van der Waals surface area contributed by atoms with Crippen molar-refractivity contribution in [1.82, 2.24) is 9.97 Å². The Hall–Kier alpha value is -0.350. The number of halogens is 2. The van der Waals surface area contributed by atoms with Crippen LogP contribution in [0.4, 0.5) is 0 Å². The lowest BCUT2D eigenvalue weighted by Gasteiger charge is -1.81. The minimum atomic E-state index is 0. The monoisotopic (exact) mass is 278 g/mol. The van der Waals surface area contributed by atoms with E-state index in [1.54, 1.807) is 6.33 Å². The van der Waals surface area contributed by atoms with Gasteiger partial charge in [-0.1, -0.05) is 12.1 Å². The minimum absolute atomic E-state index is 0. The average Bonchev–Trinajstić information content (AvgIpc) is 2.33. The first-order valence-electron chi connectivity index (χ1n) is 2.85. The van der Waals surface area contributed by atoms with E-state index < -0.39 is 0 Å². The zero-order valence-corrected chi connectivity index (χ0v) is 9.08. The van der Waals surface area contributed by atoms with Crippen LogP contribution in [-0.2, 0) is 0 Å². The highest BCUT2D eigenvalue weighted by Gasteiger charge is 1.88. The van der Waals surface area contributed by atoms with E-state index in [0.29, 0.717) is 0 Å². The maximum absolute atomic E-state index is 4.06. The highest BCUT2D eigenvalue weighted by Crippen LogP contribution is 2.05. The summed E-state index contributed by atoms with van der Waals surface area (Å²) in [4.78, 5) is 7.07. The molecular formula is C7H8Br2N2. The second-order valence-electron chi connectivity index (χ2n) is 1.92. The molecule has 0 radical (unpaired) electrons. The third kappa shape index (κ3) is 2.04. The molecule has 0 bridgehead atoms. The molecule has 1 aromatic heterocycles. The van der Waals surface area contributed by atoms with E-state index in [-0.39, 0.29) is 34.0 Å². The van der Waals surface area contributed by atoms with E-state index in [2.05, 4.69) is 9.97 Å². The number of H-pyrrole nitrogens is 1. The average molecular weight is 280 g/mol. The van der Waals surface area contributed by atoms with Crippen LogP contribution in [0.1, 0.15) is 0 Å². The number of imidazole rings is 1. The molecule has 60 valence electrons. The SMILES string of the molecule is Br.Br.c1ccc2[nH]cnc2c1. The summed E-state index contributed by atoms with van der Waals surface area (Å²) in [5.41, 5.74) is 2.12. The van der Waals surface area contributed by atoms with Gasteiger partial charge in [0.2, 0.25) is 0 Å². The van der Waals surface area contributed by atoms with Crippen LogP contribution < -0.4 is 0 Å². The first kappa shape index (κ1) is 10.7. The Kier molecular flexibility index (Phi) is 4.37. The number of nitrogens with zero attached hydrogens (tertiary/aromatic N) is 1. The molecule has 0 spiro atoms. The molecule has 0 aliphatic carbocycles. The smallest absolute Gasteiger partial charge is 0.0931 e. The predicted molar refractivity (Wildman–Crippen MR) is 56.7 cm³/mol. The van der Waals surface area contributed by atoms with Gasteiger partial charge in [0.25, 0.3) is 0 Å². The van der Waals surface area contributed by atoms with Crippen molar-refractivity contribution < 1.29 is 0 Å². The van der Waals surface area contributed by atoms with Gasteiger partial charge in [0.15, 0.2) is 0 Å². The Morgan fingerprint density at radius 3 is 2.55 bits per heavy atom. The van der Waals surface area contributed by atoms with Crippen molar-refractivity contribution in [2.75, 3.05) is 0 Å². The number of hydrogen-bond acceptors (Lipinski definition) is 1. The normalized spacial score (nSPS) is 8.36. The lowest BCUT2D eigenvalue weighted by Crippen LogP contribution is -1.63. The fourth-order valence-corrected chi connectivity index (χ4v) is 0.880. The molecule has 0 fully saturated rings. The first-order chi connectivity index (χ1) is 4.47. The summed E-state index contributed by atoms with van der Waals surface area (Å²) in [7, 11) is 0. The number of rotatable bonds is 0. The van der Waals surface area contributed by atoms with Crippen LogP contribution in [-0.4, -0.2) is 9.97 Å². The molecule has 0 aliphatic heterocycles. The number of para-hydroxylation sites is 2. The first-order valence-corrected chi connectivity index (χ1v) is 2.85. The topological polar surface area (TPSA) is 28.7 Å². The van der Waals surface area contributed by atoms with Crippen molar-refractivity contribution in [2.24, 2.45) is 0 Å². The van der Waals surface area contributed by atoms with Gasteiger partial charge in [-0.3, -0.25) is 0 Å². The van der Waals surface area contributed by atoms with E-state index in [1.165, 1.54) is 0 Å². The van der Waals surface area contributed by atoms with Crippen LogP contribution in [0.5, 0.6) is 0 Å². The van der Waals surface area contributed by atoms with E-state index in [1.807, 2.05) is 24.3 Å². The number of aromatic amines is 1. The van der Waals surface area contributed by atoms with Gasteiger partial charge in [0.1, 0.15) is 0 Å². The fraction of sp³-hybridized carbons (Fsp3) is 0. The predicted octanol–water partition coefficient (Wildman–Crippen LogP) is 2.72. The molecule has 0 amide bonds. The minimum Gasteiger partial charge on any atom is -0.345 e. The molecule has 1 aromatic carbocycles. The Bertz CT molecular complexity index is 288. The van der Waals surface area contributed by atoms with Gasteiger partial charge in [-0.15, -0.1) is 34.0 Å². The Balaban J connectivity index is 0.000000500. The van der Waals surface area contributed by atoms with Crippen molar-refractivity contribution in [3.63, 3.8) is 0 Å². The van der Waals surface area contributed by atoms with E-state index >= 15 is 0 Å². The molecule has 2 nitrogen and oxygen atoms in total. The summed E-state index contributed by atoms with van der Waals surface area (Å²) >= 11 is 0. The van der Waals surface area contributed by atoms with Crippen molar-refractivity contribution in [3.8, 4) is 0 Å². The highest BCUT2D eigenvalue weighted by atomic mass is 79.9. The molecule has 2 rings (SSSR count). The molecule has 0 unspecified atom stereocenters. The molecule has 0 aliphatic rings. The standard InChI is InChI=1S/C7H6N2.2BrH/c1-2-4-7-6(3-1)8-5-9-7;;/h1-5H,(H,8,9);2*1H. The van der Waals surface area contributed by atoms with Gasteiger partial charge in [-0.25, -0.2) is 4.98 Å². The summed E-state index contributed by atoms with van der Waals surface area (Å²) in [6, 6.07) is 7.94. The Morgan fingerprint density at radius 1 is 1.09 bits per heavy atom. The zero-order valence-electron chi connectivity index (χ0n) is 5.65. The fourth-order valence-electron chi connectivity index (χ4n) is 0.880. The molecular weight excluding hydrogens is 272 g/mol. The van der Waals surface area contributed by atoms with Gasteiger partial charge < -0.3 is 4.98 Å². The summed E-state index contributed by atoms with van der Waals surface area (Å²) in [6.45, 7) is 0. The molecule has 1 heterocycles. The number of hydrogen-bond donors (Lipinski definition) is 1. The molecule has 2 aromatic rings. The summed E-state index contributed by atoms with van der Waals surface area (Å²) in [6.07, 6.45) is 1.70. The van der Waals surface area contributed by atoms with Crippen LogP contribution in [0.15, 0.2) is 30.6 Å². The second kappa shape index (κ2) is 4.51. The maximum Gasteiger partial charge on any atom is 0.0931 e. The van der Waals surface area contributed by atoms with Crippen molar-refractivity contribution >= 4 is 45.0 Å². The summed E-state index contributed by atoms with van der Waals surface area (Å²) < 4.78 is 0. The third-order valence-electron chi connectivity index (χ3n) is 1.33. The maximum atomic E-state index is 4.06. The quantitative estimate of drug-likeness (QED) is 0.789. The van der Waals surface area contributed by atoms with Crippen molar-refractivity contribution in [1.29, 1.82) is 0 Å². The Labute approximate surface area is 85.6 Å². The summed E-state index contributed by atoms with van der Waals surface area (Å²) in [5, 5.41) is 0. The second-order valence-corrected chi connectivity index (χ2v) is 1.92. The van der Waals surface area contributed by atoms with Gasteiger partial charge in [-0.05, 0) is 12.1 Å². The van der Waals surface area contributed by atoms with E-state index in [4.69, 9.17) is 0 Å². The Morgan fingerprint density at radius 2 is 1.82 bits per heavy atom. The van der Waals surface area contributed by atoms with Crippen LogP contribution in [0.25, 0.3) is 11.0 Å². The molecule has 0 atom stereocenters. The van der Waals surface area contributed by atoms with Crippen molar-refractivity contribution in [3.05, 3.63) is 30.6 Å². The molecule has 1 N–H and O–H groups in total.